The second-order valence-electron chi connectivity index (χ2n) is 6.04. The van der Waals surface area contributed by atoms with Crippen LogP contribution in [0.15, 0.2) is 60.7 Å². The van der Waals surface area contributed by atoms with E-state index in [-0.39, 0.29) is 6.61 Å². The zero-order valence-corrected chi connectivity index (χ0v) is 14.8. The summed E-state index contributed by atoms with van der Waals surface area (Å²) in [6.07, 6.45) is -7.50. The van der Waals surface area contributed by atoms with Gasteiger partial charge in [0.1, 0.15) is 6.04 Å². The van der Waals surface area contributed by atoms with E-state index >= 15 is 0 Å². The number of nitrogens with one attached hydrogen (secondary N) is 1. The van der Waals surface area contributed by atoms with Crippen molar-refractivity contribution in [1.82, 2.24) is 5.32 Å². The Kier molecular flexibility index (Phi) is 7.38. The third-order valence-electron chi connectivity index (χ3n) is 4.06. The molecule has 0 amide bonds. The third kappa shape index (κ3) is 6.08. The van der Waals surface area contributed by atoms with Crippen molar-refractivity contribution in [2.24, 2.45) is 0 Å². The largest absolute Gasteiger partial charge is 0.465 e. The van der Waals surface area contributed by atoms with Crippen LogP contribution < -0.4 is 5.32 Å². The molecule has 0 aliphatic rings. The zero-order chi connectivity index (χ0) is 19.9. The number of hydrogen-bond acceptors (Lipinski definition) is 4. The lowest BCUT2D eigenvalue weighted by Gasteiger charge is -2.29. The zero-order valence-electron chi connectivity index (χ0n) is 14.8. The Balaban J connectivity index is 2.32. The fraction of sp³-hybridized carbons (Fsp3) is 0.350. The molecule has 2 rings (SSSR count). The van der Waals surface area contributed by atoms with Gasteiger partial charge in [0, 0.05) is 6.04 Å². The van der Waals surface area contributed by atoms with Gasteiger partial charge in [-0.25, -0.2) is 0 Å². The number of ether oxygens (including phenoxy) is 1. The molecule has 0 aliphatic carbocycles. The van der Waals surface area contributed by atoms with Gasteiger partial charge in [0.05, 0.1) is 6.61 Å². The van der Waals surface area contributed by atoms with E-state index in [4.69, 9.17) is 4.74 Å². The molecule has 0 aliphatic heterocycles. The van der Waals surface area contributed by atoms with Crippen molar-refractivity contribution in [3.8, 4) is 0 Å². The molecule has 146 valence electrons. The number of hydrogen-bond donors (Lipinski definition) is 2. The Morgan fingerprint density at radius 2 is 1.63 bits per heavy atom. The average molecular weight is 381 g/mol. The molecule has 0 fully saturated rings. The van der Waals surface area contributed by atoms with Gasteiger partial charge >= 0.3 is 12.1 Å². The summed E-state index contributed by atoms with van der Waals surface area (Å²) in [6.45, 7) is 1.41. The average Bonchev–Trinajstić information content (AvgIpc) is 2.65. The van der Waals surface area contributed by atoms with Crippen LogP contribution in [0.4, 0.5) is 13.2 Å². The predicted octanol–water partition coefficient (Wildman–Crippen LogP) is 3.41. The summed E-state index contributed by atoms with van der Waals surface area (Å²) < 4.78 is 44.0. The fourth-order valence-electron chi connectivity index (χ4n) is 2.73. The minimum Gasteiger partial charge on any atom is -0.465 e. The number of esters is 1. The summed E-state index contributed by atoms with van der Waals surface area (Å²) in [6, 6.07) is 15.4. The van der Waals surface area contributed by atoms with Crippen LogP contribution in [0.3, 0.4) is 0 Å². The molecule has 2 aromatic rings. The maximum atomic E-state index is 13.1. The lowest BCUT2D eigenvalue weighted by atomic mass is 9.97. The molecule has 0 saturated carbocycles. The molecule has 2 N–H and O–H groups in total. The molecule has 0 radical (unpaired) electrons. The highest BCUT2D eigenvalue weighted by atomic mass is 19.4. The van der Waals surface area contributed by atoms with Crippen LogP contribution in [0, 0.1) is 0 Å². The van der Waals surface area contributed by atoms with Gasteiger partial charge in [0.15, 0.2) is 6.10 Å². The maximum absolute atomic E-state index is 13.1. The molecule has 4 nitrogen and oxygen atoms in total. The van der Waals surface area contributed by atoms with Gasteiger partial charge in [0.25, 0.3) is 0 Å². The first-order valence-corrected chi connectivity index (χ1v) is 8.59. The molecule has 2 aromatic carbocycles. The minimum atomic E-state index is -4.96. The van der Waals surface area contributed by atoms with E-state index in [1.807, 2.05) is 30.3 Å². The van der Waals surface area contributed by atoms with E-state index in [2.05, 4.69) is 5.32 Å². The summed E-state index contributed by atoms with van der Waals surface area (Å²) in [4.78, 5) is 12.1. The standard InChI is InChI=1S/C20H22F3NO3/c1-2-27-19(26)17(18(25)20(21,22)23)24-16(15-11-7-4-8-12-15)13-14-9-5-3-6-10-14/h3-12,16-18,24-25H,2,13H2,1H3/t16?,17-,18-/m0/s1. The molecule has 0 aromatic heterocycles. The second kappa shape index (κ2) is 9.53. The number of aliphatic hydroxyl groups excluding tert-OH is 1. The van der Waals surface area contributed by atoms with Crippen molar-refractivity contribution in [2.45, 2.75) is 37.7 Å². The van der Waals surface area contributed by atoms with Gasteiger partial charge in [-0.3, -0.25) is 10.1 Å². The third-order valence-corrected chi connectivity index (χ3v) is 4.06. The molecule has 27 heavy (non-hydrogen) atoms. The van der Waals surface area contributed by atoms with Crippen LogP contribution in [0.2, 0.25) is 0 Å². The van der Waals surface area contributed by atoms with E-state index in [9.17, 15) is 23.1 Å². The van der Waals surface area contributed by atoms with Gasteiger partial charge in [-0.05, 0) is 24.5 Å². The van der Waals surface area contributed by atoms with Gasteiger partial charge in [0.2, 0.25) is 0 Å². The minimum absolute atomic E-state index is 0.0870. The van der Waals surface area contributed by atoms with Crippen molar-refractivity contribution in [2.75, 3.05) is 6.61 Å². The van der Waals surface area contributed by atoms with Gasteiger partial charge in [-0.1, -0.05) is 60.7 Å². The lowest BCUT2D eigenvalue weighted by Crippen LogP contribution is -2.54. The summed E-state index contributed by atoms with van der Waals surface area (Å²) in [5.74, 6) is -1.14. The number of carbonyl (C=O) groups excluding carboxylic acids is 1. The number of aliphatic hydroxyl groups is 1. The van der Waals surface area contributed by atoms with Crippen molar-refractivity contribution < 1.29 is 27.8 Å². The number of benzene rings is 2. The molecular weight excluding hydrogens is 359 g/mol. The molecule has 7 heteroatoms. The quantitative estimate of drug-likeness (QED) is 0.688. The smallest absolute Gasteiger partial charge is 0.416 e. The van der Waals surface area contributed by atoms with Crippen molar-refractivity contribution >= 4 is 5.97 Å². The van der Waals surface area contributed by atoms with Crippen LogP contribution in [-0.2, 0) is 16.0 Å². The normalized spacial score (nSPS) is 15.0. The number of carbonyl (C=O) groups is 1. The Hall–Kier alpha value is -2.38. The Morgan fingerprint density at radius 1 is 1.07 bits per heavy atom. The molecule has 0 spiro atoms. The fourth-order valence-corrected chi connectivity index (χ4v) is 2.73. The van der Waals surface area contributed by atoms with Crippen LogP contribution in [-0.4, -0.2) is 36.0 Å². The molecule has 3 atom stereocenters. The summed E-state index contributed by atoms with van der Waals surface area (Å²) in [7, 11) is 0. The Labute approximate surface area is 156 Å². The Morgan fingerprint density at radius 3 is 2.15 bits per heavy atom. The SMILES string of the molecule is CCOC(=O)[C@@H](NC(Cc1ccccc1)c1ccccc1)[C@H](O)C(F)(F)F. The van der Waals surface area contributed by atoms with Gasteiger partial charge in [-0.2, -0.15) is 13.2 Å². The molecule has 0 heterocycles. The van der Waals surface area contributed by atoms with Crippen LogP contribution in [0.5, 0.6) is 0 Å². The molecule has 0 bridgehead atoms. The first-order valence-electron chi connectivity index (χ1n) is 8.59. The molecule has 0 saturated heterocycles. The van der Waals surface area contributed by atoms with Gasteiger partial charge in [-0.15, -0.1) is 0 Å². The first kappa shape index (κ1) is 20.9. The van der Waals surface area contributed by atoms with E-state index in [0.29, 0.717) is 12.0 Å². The Bertz CT molecular complexity index is 707. The van der Waals surface area contributed by atoms with Gasteiger partial charge < -0.3 is 9.84 Å². The van der Waals surface area contributed by atoms with Crippen molar-refractivity contribution in [3.05, 3.63) is 71.8 Å². The first-order chi connectivity index (χ1) is 12.8. The van der Waals surface area contributed by atoms with Crippen LogP contribution >= 0.6 is 0 Å². The van der Waals surface area contributed by atoms with Crippen molar-refractivity contribution in [3.63, 3.8) is 0 Å². The second-order valence-corrected chi connectivity index (χ2v) is 6.04. The summed E-state index contributed by atoms with van der Waals surface area (Å²) >= 11 is 0. The van der Waals surface area contributed by atoms with Crippen LogP contribution in [0.1, 0.15) is 24.1 Å². The van der Waals surface area contributed by atoms with Crippen molar-refractivity contribution in [1.29, 1.82) is 0 Å². The van der Waals surface area contributed by atoms with E-state index in [1.165, 1.54) is 6.92 Å². The van der Waals surface area contributed by atoms with Crippen LogP contribution in [0.25, 0.3) is 0 Å². The summed E-state index contributed by atoms with van der Waals surface area (Å²) in [5.41, 5.74) is 1.58. The summed E-state index contributed by atoms with van der Waals surface area (Å²) in [5, 5.41) is 12.4. The van der Waals surface area contributed by atoms with E-state index in [0.717, 1.165) is 5.56 Å². The predicted molar refractivity (Wildman–Crippen MR) is 94.9 cm³/mol. The lowest BCUT2D eigenvalue weighted by molar-refractivity contribution is -0.217. The monoisotopic (exact) mass is 381 g/mol. The highest BCUT2D eigenvalue weighted by Gasteiger charge is 2.47. The topological polar surface area (TPSA) is 58.6 Å². The maximum Gasteiger partial charge on any atom is 0.416 e. The molecule has 1 unspecified atom stereocenters. The van der Waals surface area contributed by atoms with E-state index in [1.54, 1.807) is 30.3 Å². The highest BCUT2D eigenvalue weighted by Crippen LogP contribution is 2.26. The number of halogens is 3. The molecular formula is C20H22F3NO3. The number of alkyl halides is 3. The van der Waals surface area contributed by atoms with E-state index < -0.39 is 30.3 Å². The number of rotatable bonds is 8. The highest BCUT2D eigenvalue weighted by molar-refractivity contribution is 5.76.